The Morgan fingerprint density at radius 1 is 1.30 bits per heavy atom. The van der Waals surface area contributed by atoms with E-state index in [0.717, 1.165) is 29.0 Å². The molecular weight excluding hydrogens is 379 g/mol. The number of benzene rings is 1. The van der Waals surface area contributed by atoms with Crippen LogP contribution in [0.1, 0.15) is 34.4 Å². The second-order valence-electron chi connectivity index (χ2n) is 4.82. The molecule has 0 saturated carbocycles. The molecule has 20 heavy (non-hydrogen) atoms. The van der Waals surface area contributed by atoms with E-state index in [4.69, 9.17) is 0 Å². The van der Waals surface area contributed by atoms with Crippen molar-refractivity contribution >= 4 is 45.1 Å². The number of hydrogen-bond acceptors (Lipinski definition) is 3. The standard InChI is InChI=1S/C16H13IN2S/c17-12-5-3-4-11(8-12)10-19-16-14(9-18)13-6-1-2-7-15(13)20-16/h3-5,8,10H,1-2,6-7H2/b19-10+. The Morgan fingerprint density at radius 2 is 2.15 bits per heavy atom. The minimum Gasteiger partial charge on any atom is -0.244 e. The number of halogens is 1. The predicted molar refractivity (Wildman–Crippen MR) is 92.1 cm³/mol. The maximum absolute atomic E-state index is 9.39. The third kappa shape index (κ3) is 2.79. The van der Waals surface area contributed by atoms with Crippen LogP contribution in [-0.4, -0.2) is 6.21 Å². The van der Waals surface area contributed by atoms with Crippen LogP contribution in [0.2, 0.25) is 0 Å². The molecule has 1 heterocycles. The molecule has 0 aliphatic heterocycles. The van der Waals surface area contributed by atoms with E-state index in [1.807, 2.05) is 18.3 Å². The zero-order valence-electron chi connectivity index (χ0n) is 10.9. The van der Waals surface area contributed by atoms with Crippen LogP contribution in [0.25, 0.3) is 0 Å². The van der Waals surface area contributed by atoms with Crippen LogP contribution in [-0.2, 0) is 12.8 Å². The van der Waals surface area contributed by atoms with Gasteiger partial charge >= 0.3 is 0 Å². The average Bonchev–Trinajstić information content (AvgIpc) is 2.82. The molecule has 0 saturated heterocycles. The van der Waals surface area contributed by atoms with Crippen LogP contribution >= 0.6 is 33.9 Å². The van der Waals surface area contributed by atoms with Gasteiger partial charge in [-0.15, -0.1) is 11.3 Å². The van der Waals surface area contributed by atoms with Crippen molar-refractivity contribution in [1.82, 2.24) is 0 Å². The lowest BCUT2D eigenvalue weighted by Gasteiger charge is -2.09. The number of hydrogen-bond donors (Lipinski definition) is 0. The number of nitriles is 1. The van der Waals surface area contributed by atoms with Crippen molar-refractivity contribution in [2.75, 3.05) is 0 Å². The Morgan fingerprint density at radius 3 is 2.95 bits per heavy atom. The van der Waals surface area contributed by atoms with E-state index >= 15 is 0 Å². The first kappa shape index (κ1) is 13.8. The van der Waals surface area contributed by atoms with Crippen molar-refractivity contribution in [1.29, 1.82) is 5.26 Å². The molecule has 0 unspecified atom stereocenters. The fraction of sp³-hybridized carbons (Fsp3) is 0.250. The Kier molecular flexibility index (Phi) is 4.18. The van der Waals surface area contributed by atoms with Gasteiger partial charge in [0.15, 0.2) is 0 Å². The largest absolute Gasteiger partial charge is 0.244 e. The Bertz CT molecular complexity index is 710. The molecule has 2 aromatic rings. The molecule has 0 fully saturated rings. The molecule has 0 spiro atoms. The normalized spacial score (nSPS) is 14.2. The van der Waals surface area contributed by atoms with Gasteiger partial charge in [0.05, 0.1) is 5.56 Å². The molecule has 0 atom stereocenters. The molecule has 1 aromatic carbocycles. The van der Waals surface area contributed by atoms with Gasteiger partial charge in [-0.1, -0.05) is 12.1 Å². The first-order valence-corrected chi connectivity index (χ1v) is 8.52. The summed E-state index contributed by atoms with van der Waals surface area (Å²) in [5, 5.41) is 10.3. The molecule has 1 aromatic heterocycles. The number of rotatable bonds is 2. The second kappa shape index (κ2) is 6.06. The van der Waals surface area contributed by atoms with Gasteiger partial charge in [-0.3, -0.25) is 0 Å². The number of thiophene rings is 1. The van der Waals surface area contributed by atoms with Gasteiger partial charge in [0, 0.05) is 14.7 Å². The number of fused-ring (bicyclic) bond motifs is 1. The fourth-order valence-corrected chi connectivity index (χ4v) is 4.23. The van der Waals surface area contributed by atoms with E-state index in [1.165, 1.54) is 26.9 Å². The molecule has 0 bridgehead atoms. The number of nitrogens with zero attached hydrogens (tertiary/aromatic N) is 2. The topological polar surface area (TPSA) is 36.1 Å². The van der Waals surface area contributed by atoms with E-state index in [1.54, 1.807) is 11.3 Å². The first-order valence-electron chi connectivity index (χ1n) is 6.62. The summed E-state index contributed by atoms with van der Waals surface area (Å²) < 4.78 is 1.19. The second-order valence-corrected chi connectivity index (χ2v) is 7.15. The molecule has 0 radical (unpaired) electrons. The Balaban J connectivity index is 1.95. The first-order chi connectivity index (χ1) is 9.78. The van der Waals surface area contributed by atoms with Crippen LogP contribution < -0.4 is 0 Å². The summed E-state index contributed by atoms with van der Waals surface area (Å²) in [6.45, 7) is 0. The fourth-order valence-electron chi connectivity index (χ4n) is 2.48. The smallest absolute Gasteiger partial charge is 0.134 e. The highest BCUT2D eigenvalue weighted by Crippen LogP contribution is 2.39. The van der Waals surface area contributed by atoms with Crippen LogP contribution in [0.5, 0.6) is 0 Å². The Labute approximate surface area is 136 Å². The summed E-state index contributed by atoms with van der Waals surface area (Å²) in [4.78, 5) is 5.92. The molecule has 0 amide bonds. The predicted octanol–water partition coefficient (Wildman–Crippen LogP) is 4.85. The average molecular weight is 392 g/mol. The lowest BCUT2D eigenvalue weighted by Crippen LogP contribution is -1.99. The van der Waals surface area contributed by atoms with Crippen LogP contribution in [0.15, 0.2) is 29.3 Å². The quantitative estimate of drug-likeness (QED) is 0.532. The van der Waals surface area contributed by atoms with Crippen molar-refractivity contribution in [3.63, 3.8) is 0 Å². The van der Waals surface area contributed by atoms with Crippen molar-refractivity contribution in [2.24, 2.45) is 4.99 Å². The highest BCUT2D eigenvalue weighted by atomic mass is 127. The molecule has 100 valence electrons. The SMILES string of the molecule is N#Cc1c(/N=C/c2cccc(I)c2)sc2c1CCCC2. The van der Waals surface area contributed by atoms with Crippen molar-refractivity contribution in [3.05, 3.63) is 49.4 Å². The van der Waals surface area contributed by atoms with E-state index in [2.05, 4.69) is 45.8 Å². The van der Waals surface area contributed by atoms with E-state index < -0.39 is 0 Å². The lowest BCUT2D eigenvalue weighted by atomic mass is 9.96. The molecular formula is C16H13IN2S. The van der Waals surface area contributed by atoms with Gasteiger partial charge in [-0.25, -0.2) is 4.99 Å². The van der Waals surface area contributed by atoms with E-state index in [-0.39, 0.29) is 0 Å². The zero-order chi connectivity index (χ0) is 13.9. The lowest BCUT2D eigenvalue weighted by molar-refractivity contribution is 0.696. The summed E-state index contributed by atoms with van der Waals surface area (Å²) in [5.74, 6) is 0. The van der Waals surface area contributed by atoms with E-state index in [0.29, 0.717) is 0 Å². The van der Waals surface area contributed by atoms with Gasteiger partial charge < -0.3 is 0 Å². The monoisotopic (exact) mass is 392 g/mol. The van der Waals surface area contributed by atoms with Crippen LogP contribution in [0, 0.1) is 14.9 Å². The highest BCUT2D eigenvalue weighted by Gasteiger charge is 2.19. The van der Waals surface area contributed by atoms with Crippen molar-refractivity contribution in [3.8, 4) is 6.07 Å². The zero-order valence-corrected chi connectivity index (χ0v) is 13.9. The van der Waals surface area contributed by atoms with Crippen molar-refractivity contribution in [2.45, 2.75) is 25.7 Å². The van der Waals surface area contributed by atoms with Crippen LogP contribution in [0.4, 0.5) is 5.00 Å². The molecule has 2 nitrogen and oxygen atoms in total. The maximum atomic E-state index is 9.39. The summed E-state index contributed by atoms with van der Waals surface area (Å²) in [6, 6.07) is 10.5. The summed E-state index contributed by atoms with van der Waals surface area (Å²) in [7, 11) is 0. The van der Waals surface area contributed by atoms with E-state index in [9.17, 15) is 5.26 Å². The minimum absolute atomic E-state index is 0.798. The third-order valence-corrected chi connectivity index (χ3v) is 5.31. The molecule has 4 heteroatoms. The molecule has 0 N–H and O–H groups in total. The maximum Gasteiger partial charge on any atom is 0.134 e. The van der Waals surface area contributed by atoms with Gasteiger partial charge in [0.25, 0.3) is 0 Å². The van der Waals surface area contributed by atoms with Gasteiger partial charge in [0.2, 0.25) is 0 Å². The number of aliphatic imine (C=N–C) groups is 1. The number of aryl methyl sites for hydroxylation is 1. The van der Waals surface area contributed by atoms with Gasteiger partial charge in [-0.2, -0.15) is 5.26 Å². The summed E-state index contributed by atoms with van der Waals surface area (Å²) in [5.41, 5.74) is 3.12. The molecule has 3 rings (SSSR count). The minimum atomic E-state index is 0.798. The van der Waals surface area contributed by atoms with Crippen LogP contribution in [0.3, 0.4) is 0 Å². The Hall–Kier alpha value is -1.19. The third-order valence-electron chi connectivity index (χ3n) is 3.44. The van der Waals surface area contributed by atoms with Crippen molar-refractivity contribution < 1.29 is 0 Å². The summed E-state index contributed by atoms with van der Waals surface area (Å²) >= 11 is 3.98. The van der Waals surface area contributed by atoms with Gasteiger partial charge in [-0.05, 0) is 71.5 Å². The van der Waals surface area contributed by atoms with Gasteiger partial charge in [0.1, 0.15) is 11.1 Å². The molecule has 1 aliphatic carbocycles. The molecule has 1 aliphatic rings. The highest BCUT2D eigenvalue weighted by molar-refractivity contribution is 14.1. The summed E-state index contributed by atoms with van der Waals surface area (Å²) in [6.07, 6.45) is 6.43.